The molecular weight excluding hydrogens is 663 g/mol. The van der Waals surface area contributed by atoms with Crippen LogP contribution in [0.15, 0.2) is 162 Å². The summed E-state index contributed by atoms with van der Waals surface area (Å²) in [6.07, 6.45) is 0. The second-order valence-electron chi connectivity index (χ2n) is 13.6. The molecule has 1 aliphatic carbocycles. The van der Waals surface area contributed by atoms with Gasteiger partial charge < -0.3 is 4.42 Å². The molecule has 0 unspecified atom stereocenters. The topological polar surface area (TPSA) is 88.5 Å². The van der Waals surface area contributed by atoms with Crippen LogP contribution in [0.5, 0.6) is 0 Å². The van der Waals surface area contributed by atoms with E-state index in [-0.39, 0.29) is 5.92 Å². The lowest BCUT2D eigenvalue weighted by molar-refractivity contribution is 0.669. The molecule has 0 saturated heterocycles. The highest BCUT2D eigenvalue weighted by Gasteiger charge is 2.32. The van der Waals surface area contributed by atoms with E-state index < -0.39 is 0 Å². The molecule has 3 aromatic heterocycles. The molecule has 3 heterocycles. The van der Waals surface area contributed by atoms with E-state index in [1.54, 1.807) is 6.07 Å². The zero-order valence-electron chi connectivity index (χ0n) is 28.7. The fraction of sp³-hybridized carbons (Fsp3) is 0.0208. The average Bonchev–Trinajstić information content (AvgIpc) is 3.79. The minimum Gasteiger partial charge on any atom is -0.456 e. The van der Waals surface area contributed by atoms with Crippen molar-refractivity contribution in [3.8, 4) is 51.2 Å². The minimum atomic E-state index is -0.211. The van der Waals surface area contributed by atoms with Crippen molar-refractivity contribution in [1.82, 2.24) is 19.9 Å². The number of fused-ring (bicyclic) bond motifs is 10. The maximum atomic E-state index is 9.82. The molecule has 0 aliphatic heterocycles. The standard InChI is InChI=1S/C48H27N5O/c49-27-28-12-10-15-30(26-28)46-51-47(53-48(52-46)42-33-18-6-4-16-31(33)32-17-5-7-19-34(32)42)38-22-11-21-36-41-37(44(50-45(36)38)29-13-2-1-3-14-29)24-25-40-43(41)35-20-8-9-23-39(35)54-40/h1-26,42H. The Labute approximate surface area is 309 Å². The van der Waals surface area contributed by atoms with Crippen molar-refractivity contribution in [3.63, 3.8) is 0 Å². The molecule has 0 amide bonds. The lowest BCUT2D eigenvalue weighted by atomic mass is 9.94. The first kappa shape index (κ1) is 30.2. The molecule has 0 fully saturated rings. The molecule has 1 aliphatic rings. The number of hydrogen-bond acceptors (Lipinski definition) is 6. The number of benzene rings is 7. The molecule has 6 nitrogen and oxygen atoms in total. The Morgan fingerprint density at radius 2 is 1.15 bits per heavy atom. The van der Waals surface area contributed by atoms with Crippen LogP contribution in [0, 0.1) is 11.3 Å². The summed E-state index contributed by atoms with van der Waals surface area (Å²) in [4.78, 5) is 21.2. The maximum Gasteiger partial charge on any atom is 0.165 e. The predicted octanol–water partition coefficient (Wildman–Crippen LogP) is 11.5. The van der Waals surface area contributed by atoms with Crippen LogP contribution >= 0.6 is 0 Å². The van der Waals surface area contributed by atoms with Crippen LogP contribution in [0.25, 0.3) is 88.8 Å². The second kappa shape index (κ2) is 11.8. The Balaban J connectivity index is 1.25. The number of pyridine rings is 1. The van der Waals surface area contributed by atoms with Gasteiger partial charge in [-0.25, -0.2) is 19.9 Å². The van der Waals surface area contributed by atoms with Crippen molar-refractivity contribution in [2.24, 2.45) is 0 Å². The molecule has 0 bridgehead atoms. The van der Waals surface area contributed by atoms with E-state index in [4.69, 9.17) is 24.4 Å². The molecule has 250 valence electrons. The fourth-order valence-electron chi connectivity index (χ4n) is 8.26. The summed E-state index contributed by atoms with van der Waals surface area (Å²) in [7, 11) is 0. The van der Waals surface area contributed by atoms with E-state index in [2.05, 4.69) is 109 Å². The van der Waals surface area contributed by atoms with Gasteiger partial charge in [0.15, 0.2) is 11.6 Å². The van der Waals surface area contributed by atoms with E-state index in [1.807, 2.05) is 48.5 Å². The van der Waals surface area contributed by atoms with Crippen molar-refractivity contribution in [2.75, 3.05) is 0 Å². The maximum absolute atomic E-state index is 9.82. The summed E-state index contributed by atoms with van der Waals surface area (Å²) in [5.74, 6) is 1.44. The van der Waals surface area contributed by atoms with Gasteiger partial charge in [-0.1, -0.05) is 121 Å². The van der Waals surface area contributed by atoms with E-state index in [1.165, 1.54) is 11.1 Å². The molecule has 0 radical (unpaired) electrons. The summed E-state index contributed by atoms with van der Waals surface area (Å²) in [5.41, 5.74) is 11.0. The first-order chi connectivity index (χ1) is 26.7. The minimum absolute atomic E-state index is 0.211. The first-order valence-electron chi connectivity index (χ1n) is 17.9. The number of rotatable bonds is 4. The summed E-state index contributed by atoms with van der Waals surface area (Å²) in [6.45, 7) is 0. The number of hydrogen-bond donors (Lipinski definition) is 0. The number of para-hydroxylation sites is 2. The lowest BCUT2D eigenvalue weighted by Crippen LogP contribution is -2.09. The van der Waals surface area contributed by atoms with Crippen LogP contribution in [0.3, 0.4) is 0 Å². The van der Waals surface area contributed by atoms with E-state index in [0.29, 0.717) is 23.0 Å². The highest BCUT2D eigenvalue weighted by atomic mass is 16.3. The Kier molecular flexibility index (Phi) is 6.58. The lowest BCUT2D eigenvalue weighted by Gasteiger charge is -2.17. The quantitative estimate of drug-likeness (QED) is 0.171. The average molecular weight is 690 g/mol. The van der Waals surface area contributed by atoms with Gasteiger partial charge in [-0.15, -0.1) is 0 Å². The van der Waals surface area contributed by atoms with Gasteiger partial charge in [0.05, 0.1) is 28.8 Å². The summed E-state index contributed by atoms with van der Waals surface area (Å²) >= 11 is 0. The second-order valence-corrected chi connectivity index (χ2v) is 13.6. The Morgan fingerprint density at radius 1 is 0.481 bits per heavy atom. The van der Waals surface area contributed by atoms with Crippen LogP contribution in [-0.2, 0) is 0 Å². The Hall–Kier alpha value is -7.49. The molecule has 6 heteroatoms. The largest absolute Gasteiger partial charge is 0.456 e. The molecule has 10 aromatic rings. The third-order valence-corrected chi connectivity index (χ3v) is 10.6. The summed E-state index contributed by atoms with van der Waals surface area (Å²) in [5, 5.41) is 15.0. The smallest absolute Gasteiger partial charge is 0.165 e. The fourth-order valence-corrected chi connectivity index (χ4v) is 8.26. The molecule has 7 aromatic carbocycles. The van der Waals surface area contributed by atoms with Crippen LogP contribution < -0.4 is 0 Å². The zero-order valence-corrected chi connectivity index (χ0v) is 28.7. The van der Waals surface area contributed by atoms with Gasteiger partial charge in [-0.05, 0) is 58.7 Å². The molecule has 0 N–H and O–H groups in total. The van der Waals surface area contributed by atoms with Gasteiger partial charge >= 0.3 is 0 Å². The Bertz CT molecular complexity index is 3150. The van der Waals surface area contributed by atoms with Crippen LogP contribution in [0.2, 0.25) is 0 Å². The Morgan fingerprint density at radius 3 is 1.96 bits per heavy atom. The number of nitrogens with zero attached hydrogens (tertiary/aromatic N) is 5. The van der Waals surface area contributed by atoms with Gasteiger partial charge in [-0.2, -0.15) is 5.26 Å². The van der Waals surface area contributed by atoms with E-state index in [0.717, 1.165) is 77.1 Å². The predicted molar refractivity (Wildman–Crippen MR) is 214 cm³/mol. The summed E-state index contributed by atoms with van der Waals surface area (Å²) in [6, 6.07) is 55.6. The van der Waals surface area contributed by atoms with Crippen LogP contribution in [0.1, 0.15) is 28.4 Å². The van der Waals surface area contributed by atoms with E-state index >= 15 is 0 Å². The molecule has 11 rings (SSSR count). The van der Waals surface area contributed by atoms with Crippen molar-refractivity contribution in [2.45, 2.75) is 5.92 Å². The van der Waals surface area contributed by atoms with Crippen LogP contribution in [-0.4, -0.2) is 19.9 Å². The molecule has 0 saturated carbocycles. The number of nitriles is 1. The van der Waals surface area contributed by atoms with E-state index in [9.17, 15) is 5.26 Å². The van der Waals surface area contributed by atoms with Crippen molar-refractivity contribution < 1.29 is 4.42 Å². The number of aromatic nitrogens is 4. The third-order valence-electron chi connectivity index (χ3n) is 10.6. The zero-order chi connectivity index (χ0) is 35.8. The molecular formula is C48H27N5O. The molecule has 0 atom stereocenters. The first-order valence-corrected chi connectivity index (χ1v) is 17.9. The highest BCUT2D eigenvalue weighted by Crippen LogP contribution is 2.48. The van der Waals surface area contributed by atoms with Crippen molar-refractivity contribution >= 4 is 43.6 Å². The van der Waals surface area contributed by atoms with Crippen molar-refractivity contribution in [3.05, 3.63) is 180 Å². The third kappa shape index (κ3) is 4.52. The van der Waals surface area contributed by atoms with Crippen LogP contribution in [0.4, 0.5) is 0 Å². The van der Waals surface area contributed by atoms with Gasteiger partial charge in [0, 0.05) is 43.6 Å². The van der Waals surface area contributed by atoms with Crippen molar-refractivity contribution in [1.29, 1.82) is 5.26 Å². The van der Waals surface area contributed by atoms with Gasteiger partial charge in [-0.3, -0.25) is 0 Å². The SMILES string of the molecule is N#Cc1cccc(-c2nc(-c3cccc4c3nc(-c3ccccc3)c3ccc5oc6ccccc6c5c34)nc(C3c4ccccc4-c4ccccc43)n2)c1. The molecule has 54 heavy (non-hydrogen) atoms. The van der Waals surface area contributed by atoms with Gasteiger partial charge in [0.25, 0.3) is 0 Å². The number of furan rings is 1. The van der Waals surface area contributed by atoms with Gasteiger partial charge in [0.2, 0.25) is 0 Å². The normalized spacial score (nSPS) is 12.4. The van der Waals surface area contributed by atoms with Gasteiger partial charge in [0.1, 0.15) is 17.0 Å². The summed E-state index contributed by atoms with van der Waals surface area (Å²) < 4.78 is 6.41. The monoisotopic (exact) mass is 689 g/mol. The highest BCUT2D eigenvalue weighted by molar-refractivity contribution is 6.29. The molecule has 0 spiro atoms.